The molecule has 20 heavy (non-hydrogen) atoms. The fraction of sp³-hybridized carbons (Fsp3) is 0.706. The van der Waals surface area contributed by atoms with E-state index in [0.717, 1.165) is 32.5 Å². The molecule has 1 aromatic heterocycles. The number of rotatable bonds is 6. The molecule has 0 aliphatic carbocycles. The SMILES string of the molecule is CCCc1cc(CNCC)cc(N2CCCCC2C)n1. The van der Waals surface area contributed by atoms with Crippen LogP contribution < -0.4 is 10.2 Å². The first-order valence-electron chi connectivity index (χ1n) is 8.21. The minimum atomic E-state index is 0.625. The highest BCUT2D eigenvalue weighted by Crippen LogP contribution is 2.24. The molecule has 1 N–H and O–H groups in total. The summed E-state index contributed by atoms with van der Waals surface area (Å²) in [5.74, 6) is 1.19. The van der Waals surface area contributed by atoms with Crippen molar-refractivity contribution < 1.29 is 0 Å². The minimum Gasteiger partial charge on any atom is -0.354 e. The van der Waals surface area contributed by atoms with Gasteiger partial charge in [0.1, 0.15) is 5.82 Å². The number of piperidine rings is 1. The lowest BCUT2D eigenvalue weighted by Gasteiger charge is -2.35. The molecule has 0 spiro atoms. The fourth-order valence-corrected chi connectivity index (χ4v) is 2.97. The van der Waals surface area contributed by atoms with Gasteiger partial charge in [0.2, 0.25) is 0 Å². The van der Waals surface area contributed by atoms with Crippen LogP contribution in [-0.2, 0) is 13.0 Å². The molecular formula is C17H29N3. The average molecular weight is 275 g/mol. The van der Waals surface area contributed by atoms with Crippen molar-refractivity contribution in [2.45, 2.75) is 65.5 Å². The Morgan fingerprint density at radius 1 is 1.30 bits per heavy atom. The Hall–Kier alpha value is -1.09. The molecular weight excluding hydrogens is 246 g/mol. The van der Waals surface area contributed by atoms with Gasteiger partial charge in [-0.1, -0.05) is 20.3 Å². The summed E-state index contributed by atoms with van der Waals surface area (Å²) in [4.78, 5) is 7.40. The molecule has 3 nitrogen and oxygen atoms in total. The number of hydrogen-bond donors (Lipinski definition) is 1. The van der Waals surface area contributed by atoms with Gasteiger partial charge >= 0.3 is 0 Å². The summed E-state index contributed by atoms with van der Waals surface area (Å²) in [6.45, 7) is 9.83. The quantitative estimate of drug-likeness (QED) is 0.861. The average Bonchev–Trinajstić information content (AvgIpc) is 2.46. The first-order valence-corrected chi connectivity index (χ1v) is 8.21. The normalized spacial score (nSPS) is 19.4. The van der Waals surface area contributed by atoms with Crippen molar-refractivity contribution in [3.8, 4) is 0 Å². The van der Waals surface area contributed by atoms with Crippen molar-refractivity contribution in [1.82, 2.24) is 10.3 Å². The summed E-state index contributed by atoms with van der Waals surface area (Å²) in [6.07, 6.45) is 6.19. The molecule has 0 saturated carbocycles. The van der Waals surface area contributed by atoms with Crippen LogP contribution in [-0.4, -0.2) is 24.1 Å². The van der Waals surface area contributed by atoms with E-state index >= 15 is 0 Å². The second kappa shape index (κ2) is 7.63. The first-order chi connectivity index (χ1) is 9.74. The van der Waals surface area contributed by atoms with Gasteiger partial charge in [-0.05, 0) is 56.8 Å². The van der Waals surface area contributed by atoms with Gasteiger partial charge < -0.3 is 10.2 Å². The summed E-state index contributed by atoms with van der Waals surface area (Å²) >= 11 is 0. The lowest BCUT2D eigenvalue weighted by Crippen LogP contribution is -2.38. The third-order valence-electron chi connectivity index (χ3n) is 4.11. The minimum absolute atomic E-state index is 0.625. The van der Waals surface area contributed by atoms with Gasteiger partial charge in [-0.25, -0.2) is 4.98 Å². The van der Waals surface area contributed by atoms with Crippen LogP contribution in [0.3, 0.4) is 0 Å². The Morgan fingerprint density at radius 2 is 2.15 bits per heavy atom. The maximum atomic E-state index is 4.90. The molecule has 2 rings (SSSR count). The monoisotopic (exact) mass is 275 g/mol. The molecule has 1 aromatic rings. The summed E-state index contributed by atoms with van der Waals surface area (Å²) in [6, 6.07) is 5.17. The number of hydrogen-bond acceptors (Lipinski definition) is 3. The van der Waals surface area contributed by atoms with E-state index in [1.54, 1.807) is 0 Å². The highest BCUT2D eigenvalue weighted by atomic mass is 15.2. The van der Waals surface area contributed by atoms with Crippen molar-refractivity contribution >= 4 is 5.82 Å². The summed E-state index contributed by atoms with van der Waals surface area (Å²) in [5.41, 5.74) is 2.62. The Kier molecular flexibility index (Phi) is 5.84. The lowest BCUT2D eigenvalue weighted by molar-refractivity contribution is 0.480. The second-order valence-corrected chi connectivity index (χ2v) is 5.89. The molecule has 1 atom stereocenters. The largest absolute Gasteiger partial charge is 0.354 e. The molecule has 1 aliphatic heterocycles. The van der Waals surface area contributed by atoms with E-state index in [0.29, 0.717) is 6.04 Å². The molecule has 1 fully saturated rings. The van der Waals surface area contributed by atoms with Crippen LogP contribution in [0.2, 0.25) is 0 Å². The van der Waals surface area contributed by atoms with Gasteiger partial charge in [-0.2, -0.15) is 0 Å². The fourth-order valence-electron chi connectivity index (χ4n) is 2.97. The molecule has 2 heterocycles. The van der Waals surface area contributed by atoms with E-state index in [1.165, 1.54) is 36.3 Å². The van der Waals surface area contributed by atoms with Crippen molar-refractivity contribution in [3.05, 3.63) is 23.4 Å². The van der Waals surface area contributed by atoms with Crippen LogP contribution in [0.15, 0.2) is 12.1 Å². The molecule has 0 aromatic carbocycles. The third kappa shape index (κ3) is 3.95. The van der Waals surface area contributed by atoms with E-state index in [2.05, 4.69) is 43.1 Å². The Labute approximate surface area is 123 Å². The van der Waals surface area contributed by atoms with E-state index in [9.17, 15) is 0 Å². The number of pyridine rings is 1. The highest BCUT2D eigenvalue weighted by Gasteiger charge is 2.20. The first kappa shape index (κ1) is 15.3. The van der Waals surface area contributed by atoms with Crippen LogP contribution in [0, 0.1) is 0 Å². The van der Waals surface area contributed by atoms with Crippen molar-refractivity contribution in [2.75, 3.05) is 18.0 Å². The maximum Gasteiger partial charge on any atom is 0.129 e. The highest BCUT2D eigenvalue weighted by molar-refractivity contribution is 5.44. The Morgan fingerprint density at radius 3 is 2.85 bits per heavy atom. The number of nitrogens with one attached hydrogen (secondary N) is 1. The third-order valence-corrected chi connectivity index (χ3v) is 4.11. The molecule has 0 bridgehead atoms. The Balaban J connectivity index is 2.22. The van der Waals surface area contributed by atoms with E-state index in [4.69, 9.17) is 4.98 Å². The number of nitrogens with zero attached hydrogens (tertiary/aromatic N) is 2. The second-order valence-electron chi connectivity index (χ2n) is 5.89. The summed E-state index contributed by atoms with van der Waals surface area (Å²) in [5, 5.41) is 3.43. The van der Waals surface area contributed by atoms with Gasteiger partial charge in [-0.3, -0.25) is 0 Å². The molecule has 0 amide bonds. The van der Waals surface area contributed by atoms with E-state index < -0.39 is 0 Å². The predicted octanol–water partition coefficient (Wildman–Crippen LogP) is 3.52. The van der Waals surface area contributed by atoms with Crippen LogP contribution in [0.1, 0.15) is 57.7 Å². The summed E-state index contributed by atoms with van der Waals surface area (Å²) < 4.78 is 0. The van der Waals surface area contributed by atoms with Gasteiger partial charge in [-0.15, -0.1) is 0 Å². The molecule has 112 valence electrons. The van der Waals surface area contributed by atoms with Crippen LogP contribution in [0.25, 0.3) is 0 Å². The van der Waals surface area contributed by atoms with Gasteiger partial charge in [0, 0.05) is 24.8 Å². The zero-order valence-electron chi connectivity index (χ0n) is 13.3. The molecule has 1 unspecified atom stereocenters. The van der Waals surface area contributed by atoms with Gasteiger partial charge in [0.25, 0.3) is 0 Å². The predicted molar refractivity (Wildman–Crippen MR) is 86.3 cm³/mol. The molecule has 3 heteroatoms. The molecule has 1 aliphatic rings. The van der Waals surface area contributed by atoms with Crippen molar-refractivity contribution in [1.29, 1.82) is 0 Å². The Bertz CT molecular complexity index is 417. The lowest BCUT2D eigenvalue weighted by atomic mass is 10.0. The number of anilines is 1. The maximum absolute atomic E-state index is 4.90. The number of aromatic nitrogens is 1. The van der Waals surface area contributed by atoms with E-state index in [1.807, 2.05) is 0 Å². The van der Waals surface area contributed by atoms with Crippen molar-refractivity contribution in [3.63, 3.8) is 0 Å². The molecule has 0 radical (unpaired) electrons. The van der Waals surface area contributed by atoms with Crippen LogP contribution >= 0.6 is 0 Å². The van der Waals surface area contributed by atoms with Crippen LogP contribution in [0.5, 0.6) is 0 Å². The standard InChI is InChI=1S/C17H29N3/c1-4-8-16-11-15(13-18-5-2)12-17(19-16)20-10-7-6-9-14(20)3/h11-12,14,18H,4-10,13H2,1-3H3. The zero-order valence-corrected chi connectivity index (χ0v) is 13.3. The zero-order chi connectivity index (χ0) is 14.4. The van der Waals surface area contributed by atoms with Gasteiger partial charge in [0.05, 0.1) is 0 Å². The van der Waals surface area contributed by atoms with Gasteiger partial charge in [0.15, 0.2) is 0 Å². The topological polar surface area (TPSA) is 28.2 Å². The molecule has 1 saturated heterocycles. The summed E-state index contributed by atoms with van der Waals surface area (Å²) in [7, 11) is 0. The van der Waals surface area contributed by atoms with Crippen LogP contribution in [0.4, 0.5) is 5.82 Å². The van der Waals surface area contributed by atoms with E-state index in [-0.39, 0.29) is 0 Å². The smallest absolute Gasteiger partial charge is 0.129 e. The van der Waals surface area contributed by atoms with Crippen molar-refractivity contribution in [2.24, 2.45) is 0 Å². The number of aryl methyl sites for hydroxylation is 1.